The van der Waals surface area contributed by atoms with Crippen molar-refractivity contribution in [3.8, 4) is 0 Å². The molecule has 18 heavy (non-hydrogen) atoms. The SMILES string of the molecule is CCOC(=O)c1c(N)nsc1NCc1nccs1. The van der Waals surface area contributed by atoms with Gasteiger partial charge in [0.25, 0.3) is 0 Å². The number of nitrogen functional groups attached to an aromatic ring is 1. The van der Waals surface area contributed by atoms with Gasteiger partial charge >= 0.3 is 5.97 Å². The molecule has 0 bridgehead atoms. The highest BCUT2D eigenvalue weighted by Gasteiger charge is 2.20. The summed E-state index contributed by atoms with van der Waals surface area (Å²) in [5, 5.41) is 6.53. The van der Waals surface area contributed by atoms with Crippen molar-refractivity contribution in [3.05, 3.63) is 22.1 Å². The minimum Gasteiger partial charge on any atom is -0.462 e. The molecule has 0 aliphatic rings. The van der Waals surface area contributed by atoms with Crippen molar-refractivity contribution < 1.29 is 9.53 Å². The Kier molecular flexibility index (Phi) is 4.11. The van der Waals surface area contributed by atoms with E-state index in [2.05, 4.69) is 14.7 Å². The van der Waals surface area contributed by atoms with Gasteiger partial charge in [0.2, 0.25) is 0 Å². The maximum atomic E-state index is 11.7. The van der Waals surface area contributed by atoms with E-state index in [-0.39, 0.29) is 5.82 Å². The highest BCUT2D eigenvalue weighted by Crippen LogP contribution is 2.28. The number of hydrogen-bond acceptors (Lipinski definition) is 8. The van der Waals surface area contributed by atoms with E-state index >= 15 is 0 Å². The Morgan fingerprint density at radius 1 is 1.61 bits per heavy atom. The van der Waals surface area contributed by atoms with Gasteiger partial charge in [-0.05, 0) is 18.5 Å². The summed E-state index contributed by atoms with van der Waals surface area (Å²) in [5.41, 5.74) is 5.97. The van der Waals surface area contributed by atoms with Crippen molar-refractivity contribution in [2.24, 2.45) is 0 Å². The van der Waals surface area contributed by atoms with Gasteiger partial charge in [-0.2, -0.15) is 4.37 Å². The van der Waals surface area contributed by atoms with Crippen LogP contribution in [0.15, 0.2) is 11.6 Å². The van der Waals surface area contributed by atoms with Crippen LogP contribution in [0, 0.1) is 0 Å². The van der Waals surface area contributed by atoms with Gasteiger partial charge in [-0.25, -0.2) is 9.78 Å². The molecular formula is C10H12N4O2S2. The molecule has 96 valence electrons. The van der Waals surface area contributed by atoms with E-state index in [9.17, 15) is 4.79 Å². The lowest BCUT2D eigenvalue weighted by atomic mass is 10.3. The molecule has 6 nitrogen and oxygen atoms in total. The van der Waals surface area contributed by atoms with E-state index in [4.69, 9.17) is 10.5 Å². The van der Waals surface area contributed by atoms with Crippen LogP contribution < -0.4 is 11.1 Å². The van der Waals surface area contributed by atoms with E-state index in [1.807, 2.05) is 5.38 Å². The summed E-state index contributed by atoms with van der Waals surface area (Å²) in [6.45, 7) is 2.59. The Labute approximate surface area is 112 Å². The number of carbonyl (C=O) groups excluding carboxylic acids is 1. The lowest BCUT2D eigenvalue weighted by Gasteiger charge is -2.05. The zero-order chi connectivity index (χ0) is 13.0. The van der Waals surface area contributed by atoms with Crippen LogP contribution in [-0.4, -0.2) is 21.9 Å². The largest absolute Gasteiger partial charge is 0.462 e. The lowest BCUT2D eigenvalue weighted by Crippen LogP contribution is -2.09. The summed E-state index contributed by atoms with van der Waals surface area (Å²) >= 11 is 2.68. The third-order valence-corrected chi connectivity index (χ3v) is 3.68. The molecule has 0 radical (unpaired) electrons. The van der Waals surface area contributed by atoms with Crippen LogP contribution >= 0.6 is 22.9 Å². The average molecular weight is 284 g/mol. The molecule has 3 N–H and O–H groups in total. The predicted molar refractivity (Wildman–Crippen MR) is 71.9 cm³/mol. The molecule has 0 amide bonds. The quantitative estimate of drug-likeness (QED) is 0.816. The molecule has 0 atom stereocenters. The van der Waals surface area contributed by atoms with Crippen LogP contribution in [0.25, 0.3) is 0 Å². The van der Waals surface area contributed by atoms with Gasteiger partial charge in [-0.15, -0.1) is 11.3 Å². The fourth-order valence-corrected chi connectivity index (χ4v) is 2.57. The van der Waals surface area contributed by atoms with Gasteiger partial charge < -0.3 is 15.8 Å². The van der Waals surface area contributed by atoms with Gasteiger partial charge in [0.15, 0.2) is 5.82 Å². The molecule has 0 saturated heterocycles. The Morgan fingerprint density at radius 2 is 2.44 bits per heavy atom. The summed E-state index contributed by atoms with van der Waals surface area (Å²) < 4.78 is 8.90. The van der Waals surface area contributed by atoms with Gasteiger partial charge in [0, 0.05) is 11.6 Å². The number of ether oxygens (including phenoxy) is 1. The highest BCUT2D eigenvalue weighted by molar-refractivity contribution is 7.11. The van der Waals surface area contributed by atoms with Crippen LogP contribution in [0.4, 0.5) is 10.8 Å². The third-order valence-electron chi connectivity index (χ3n) is 2.08. The molecule has 0 aliphatic carbocycles. The number of nitrogens with one attached hydrogen (secondary N) is 1. The van der Waals surface area contributed by atoms with Crippen molar-refractivity contribution in [1.82, 2.24) is 9.36 Å². The van der Waals surface area contributed by atoms with Crippen molar-refractivity contribution >= 4 is 39.7 Å². The van der Waals surface area contributed by atoms with Crippen LogP contribution in [0.3, 0.4) is 0 Å². The fourth-order valence-electron chi connectivity index (χ4n) is 1.32. The molecular weight excluding hydrogens is 272 g/mol. The third kappa shape index (κ3) is 2.77. The highest BCUT2D eigenvalue weighted by atomic mass is 32.1. The number of nitrogens with zero attached hydrogens (tertiary/aromatic N) is 2. The van der Waals surface area contributed by atoms with E-state index < -0.39 is 5.97 Å². The molecule has 2 rings (SSSR count). The molecule has 0 fully saturated rings. The molecule has 0 aliphatic heterocycles. The van der Waals surface area contributed by atoms with Gasteiger partial charge in [0.05, 0.1) is 13.2 Å². The number of hydrogen-bond donors (Lipinski definition) is 2. The fraction of sp³-hybridized carbons (Fsp3) is 0.300. The van der Waals surface area contributed by atoms with Crippen molar-refractivity contribution in [3.63, 3.8) is 0 Å². The van der Waals surface area contributed by atoms with Crippen LogP contribution in [-0.2, 0) is 11.3 Å². The predicted octanol–water partition coefficient (Wildman–Crippen LogP) is 1.97. The number of nitrogens with two attached hydrogens (primary N) is 1. The molecule has 2 heterocycles. The summed E-state index contributed by atoms with van der Waals surface area (Å²) in [6, 6.07) is 0. The summed E-state index contributed by atoms with van der Waals surface area (Å²) in [7, 11) is 0. The normalized spacial score (nSPS) is 10.3. The first kappa shape index (κ1) is 12.8. The van der Waals surface area contributed by atoms with E-state index in [0.29, 0.717) is 23.7 Å². The molecule has 0 spiro atoms. The molecule has 2 aromatic rings. The minimum absolute atomic E-state index is 0.195. The van der Waals surface area contributed by atoms with E-state index in [1.54, 1.807) is 13.1 Å². The molecule has 0 aromatic carbocycles. The summed E-state index contributed by atoms with van der Waals surface area (Å²) in [6.07, 6.45) is 1.73. The first-order chi connectivity index (χ1) is 8.72. The summed E-state index contributed by atoms with van der Waals surface area (Å²) in [5.74, 6) is -0.259. The van der Waals surface area contributed by atoms with E-state index in [0.717, 1.165) is 16.5 Å². The number of esters is 1. The Hall–Kier alpha value is -1.67. The second-order valence-corrected chi connectivity index (χ2v) is 5.02. The summed E-state index contributed by atoms with van der Waals surface area (Å²) in [4.78, 5) is 15.9. The van der Waals surface area contributed by atoms with E-state index in [1.165, 1.54) is 11.3 Å². The minimum atomic E-state index is -0.453. The smallest absolute Gasteiger partial charge is 0.344 e. The van der Waals surface area contributed by atoms with Crippen molar-refractivity contribution in [1.29, 1.82) is 0 Å². The molecule has 2 aromatic heterocycles. The average Bonchev–Trinajstić information content (AvgIpc) is 2.96. The zero-order valence-corrected chi connectivity index (χ0v) is 11.3. The van der Waals surface area contributed by atoms with Crippen LogP contribution in [0.1, 0.15) is 22.3 Å². The van der Waals surface area contributed by atoms with Crippen molar-refractivity contribution in [2.75, 3.05) is 17.7 Å². The molecule has 0 saturated carbocycles. The monoisotopic (exact) mass is 284 g/mol. The lowest BCUT2D eigenvalue weighted by molar-refractivity contribution is 0.0529. The van der Waals surface area contributed by atoms with Crippen molar-refractivity contribution in [2.45, 2.75) is 13.5 Å². The first-order valence-corrected chi connectivity index (χ1v) is 6.92. The second-order valence-electron chi connectivity index (χ2n) is 3.27. The topological polar surface area (TPSA) is 90.1 Å². The van der Waals surface area contributed by atoms with Gasteiger partial charge in [0.1, 0.15) is 15.6 Å². The Morgan fingerprint density at radius 3 is 3.11 bits per heavy atom. The molecule has 0 unspecified atom stereocenters. The second kappa shape index (κ2) is 5.78. The van der Waals surface area contributed by atoms with Gasteiger partial charge in [-0.3, -0.25) is 0 Å². The van der Waals surface area contributed by atoms with Gasteiger partial charge in [-0.1, -0.05) is 0 Å². The van der Waals surface area contributed by atoms with Crippen LogP contribution in [0.5, 0.6) is 0 Å². The number of aromatic nitrogens is 2. The van der Waals surface area contributed by atoms with Crippen LogP contribution in [0.2, 0.25) is 0 Å². The first-order valence-electron chi connectivity index (χ1n) is 5.27. The number of rotatable bonds is 5. The molecule has 8 heteroatoms. The standard InChI is InChI=1S/C10H12N4O2S2/c1-2-16-10(15)7-8(11)14-18-9(7)13-5-6-12-3-4-17-6/h3-4,13H,2,5H2,1H3,(H2,11,14). The number of thiazole rings is 1. The number of carbonyl (C=O) groups is 1. The number of anilines is 2. The Balaban J connectivity index is 2.10. The maximum absolute atomic E-state index is 11.7. The maximum Gasteiger partial charge on any atom is 0.344 e. The Bertz CT molecular complexity index is 524. The zero-order valence-electron chi connectivity index (χ0n) is 9.67.